The summed E-state index contributed by atoms with van der Waals surface area (Å²) in [5.41, 5.74) is -1.05. The Hall–Kier alpha value is -1.94. The Morgan fingerprint density at radius 3 is 2.50 bits per heavy atom. The lowest BCUT2D eigenvalue weighted by molar-refractivity contribution is -0.166. The maximum Gasteiger partial charge on any atom is 0.363 e. The number of aliphatic imine (C=N–C) groups is 1. The van der Waals surface area contributed by atoms with Gasteiger partial charge in [0.1, 0.15) is 29.3 Å². The number of esters is 2. The van der Waals surface area contributed by atoms with E-state index in [9.17, 15) is 19.8 Å². The number of hydrogen-bond donors (Lipinski definition) is 2. The molecule has 8 nitrogen and oxygen atoms in total. The predicted molar refractivity (Wildman–Crippen MR) is 102 cm³/mol. The van der Waals surface area contributed by atoms with E-state index in [0.717, 1.165) is 11.8 Å². The maximum atomic E-state index is 12.4. The summed E-state index contributed by atoms with van der Waals surface area (Å²) in [6, 6.07) is 7.49. The molecule has 0 aromatic heterocycles. The minimum atomic E-state index is -1.24. The van der Waals surface area contributed by atoms with Gasteiger partial charge in [-0.15, -0.1) is 0 Å². The fourth-order valence-corrected chi connectivity index (χ4v) is 4.00. The lowest BCUT2D eigenvalue weighted by Crippen LogP contribution is -2.57. The third-order valence-electron chi connectivity index (χ3n) is 4.14. The molecule has 0 unspecified atom stereocenters. The maximum absolute atomic E-state index is 12.4. The molecule has 1 saturated heterocycles. The van der Waals surface area contributed by atoms with Gasteiger partial charge >= 0.3 is 11.9 Å². The third kappa shape index (κ3) is 4.54. The fraction of sp³-hybridized carbons (Fsp3) is 0.526. The van der Waals surface area contributed by atoms with E-state index in [1.807, 2.05) is 0 Å². The second kappa shape index (κ2) is 8.20. The monoisotopic (exact) mass is 409 g/mol. The van der Waals surface area contributed by atoms with Gasteiger partial charge in [0.15, 0.2) is 11.1 Å². The van der Waals surface area contributed by atoms with Crippen molar-refractivity contribution in [1.82, 2.24) is 0 Å². The van der Waals surface area contributed by atoms with Crippen LogP contribution in [0.5, 0.6) is 0 Å². The van der Waals surface area contributed by atoms with E-state index in [-0.39, 0.29) is 5.04 Å². The Morgan fingerprint density at radius 2 is 1.89 bits per heavy atom. The van der Waals surface area contributed by atoms with Gasteiger partial charge in [0.05, 0.1) is 12.2 Å². The van der Waals surface area contributed by atoms with Crippen molar-refractivity contribution in [1.29, 1.82) is 0 Å². The van der Waals surface area contributed by atoms with E-state index >= 15 is 0 Å². The smallest absolute Gasteiger partial charge is 0.363 e. The molecule has 0 spiro atoms. The van der Waals surface area contributed by atoms with Gasteiger partial charge in [0, 0.05) is 0 Å². The zero-order valence-corrected chi connectivity index (χ0v) is 16.6. The van der Waals surface area contributed by atoms with Crippen molar-refractivity contribution in [3.8, 4) is 0 Å². The molecule has 9 heteroatoms. The summed E-state index contributed by atoms with van der Waals surface area (Å²) >= 11 is 1.03. The largest absolute Gasteiger partial charge is 0.455 e. The number of ether oxygens (including phenoxy) is 3. The first-order chi connectivity index (χ1) is 13.2. The first-order valence-electron chi connectivity index (χ1n) is 8.88. The molecule has 0 radical (unpaired) electrons. The average molecular weight is 409 g/mol. The minimum absolute atomic E-state index is 0.0794. The standard InChI is InChI=1S/C19H23NO7S/c1-19(2,3)27-17(24)15-20-12-13(22)14(11(9-21)25-18(12)28-15)26-16(23)10-7-5-4-6-8-10/h4-8,11-14,18,21-22H,9H2,1-3H3/t11-,12+,13-,14+,18+/m0/s1. The first-order valence-corrected chi connectivity index (χ1v) is 9.76. The van der Waals surface area contributed by atoms with Crippen molar-refractivity contribution >= 4 is 28.7 Å². The first kappa shape index (κ1) is 20.8. The van der Waals surface area contributed by atoms with E-state index in [1.165, 1.54) is 0 Å². The minimum Gasteiger partial charge on any atom is -0.455 e. The Morgan fingerprint density at radius 1 is 1.21 bits per heavy atom. The number of nitrogens with zero attached hydrogens (tertiary/aromatic N) is 1. The number of benzene rings is 1. The van der Waals surface area contributed by atoms with Crippen LogP contribution in [-0.2, 0) is 19.0 Å². The summed E-state index contributed by atoms with van der Waals surface area (Å²) in [5, 5.41) is 20.5. The van der Waals surface area contributed by atoms with Gasteiger partial charge in [0.25, 0.3) is 0 Å². The van der Waals surface area contributed by atoms with Crippen LogP contribution >= 0.6 is 11.8 Å². The quantitative estimate of drug-likeness (QED) is 0.712. The highest BCUT2D eigenvalue weighted by Crippen LogP contribution is 2.38. The molecule has 2 N–H and O–H groups in total. The number of aliphatic hydroxyl groups excluding tert-OH is 2. The molecule has 5 atom stereocenters. The molecule has 2 aliphatic heterocycles. The molecule has 1 aromatic carbocycles. The second-order valence-electron chi connectivity index (χ2n) is 7.50. The van der Waals surface area contributed by atoms with Gasteiger partial charge in [-0.3, -0.25) is 4.99 Å². The van der Waals surface area contributed by atoms with E-state index in [2.05, 4.69) is 4.99 Å². The molecule has 2 heterocycles. The van der Waals surface area contributed by atoms with Crippen molar-refractivity contribution in [2.45, 2.75) is 56.2 Å². The van der Waals surface area contributed by atoms with Crippen LogP contribution in [0.3, 0.4) is 0 Å². The number of carbonyl (C=O) groups excluding carboxylic acids is 2. The van der Waals surface area contributed by atoms with Crippen LogP contribution in [0.2, 0.25) is 0 Å². The van der Waals surface area contributed by atoms with Gasteiger partial charge in [0.2, 0.25) is 0 Å². The molecule has 1 fully saturated rings. The van der Waals surface area contributed by atoms with Gasteiger partial charge in [-0.25, -0.2) is 9.59 Å². The summed E-state index contributed by atoms with van der Waals surface area (Å²) in [7, 11) is 0. The normalized spacial score (nSPS) is 29.6. The van der Waals surface area contributed by atoms with Crippen LogP contribution in [0, 0.1) is 0 Å². The van der Waals surface area contributed by atoms with Crippen molar-refractivity contribution < 1.29 is 34.0 Å². The molecule has 1 aromatic rings. The molecule has 0 aliphatic carbocycles. The molecule has 0 bridgehead atoms. The molecule has 3 rings (SSSR count). The summed E-state index contributed by atoms with van der Waals surface area (Å²) in [5.74, 6) is -1.26. The number of aliphatic hydroxyl groups is 2. The number of fused-ring (bicyclic) bond motifs is 1. The number of hydrogen-bond acceptors (Lipinski definition) is 9. The topological polar surface area (TPSA) is 115 Å². The molecule has 2 aliphatic rings. The Bertz CT molecular complexity index is 761. The summed E-state index contributed by atoms with van der Waals surface area (Å²) in [6.07, 6.45) is -3.30. The molecule has 0 saturated carbocycles. The number of carbonyl (C=O) groups is 2. The summed E-state index contributed by atoms with van der Waals surface area (Å²) in [4.78, 5) is 28.8. The summed E-state index contributed by atoms with van der Waals surface area (Å²) in [6.45, 7) is 4.76. The van der Waals surface area contributed by atoms with Crippen molar-refractivity contribution in [2.75, 3.05) is 6.61 Å². The number of rotatable bonds is 4. The lowest BCUT2D eigenvalue weighted by Gasteiger charge is -2.39. The number of thioether (sulfide) groups is 1. The molecule has 0 amide bonds. The van der Waals surface area contributed by atoms with E-state index in [1.54, 1.807) is 51.1 Å². The zero-order chi connectivity index (χ0) is 20.5. The van der Waals surface area contributed by atoms with E-state index in [4.69, 9.17) is 14.2 Å². The molecule has 28 heavy (non-hydrogen) atoms. The Labute approximate surface area is 166 Å². The lowest BCUT2D eigenvalue weighted by atomic mass is 9.98. The van der Waals surface area contributed by atoms with Crippen LogP contribution in [0.15, 0.2) is 35.3 Å². The van der Waals surface area contributed by atoms with Crippen LogP contribution in [0.25, 0.3) is 0 Å². The molecular formula is C19H23NO7S. The van der Waals surface area contributed by atoms with Gasteiger partial charge in [-0.05, 0) is 32.9 Å². The fourth-order valence-electron chi connectivity index (χ4n) is 2.90. The van der Waals surface area contributed by atoms with E-state index in [0.29, 0.717) is 5.56 Å². The third-order valence-corrected chi connectivity index (χ3v) is 5.26. The Balaban J connectivity index is 1.75. The van der Waals surface area contributed by atoms with Gasteiger partial charge in [-0.1, -0.05) is 30.0 Å². The van der Waals surface area contributed by atoms with Crippen LogP contribution in [0.4, 0.5) is 0 Å². The van der Waals surface area contributed by atoms with Gasteiger partial charge < -0.3 is 24.4 Å². The molecular weight excluding hydrogens is 386 g/mol. The summed E-state index contributed by atoms with van der Waals surface area (Å²) < 4.78 is 16.5. The zero-order valence-electron chi connectivity index (χ0n) is 15.8. The van der Waals surface area contributed by atoms with Crippen LogP contribution in [0.1, 0.15) is 31.1 Å². The molecule has 152 valence electrons. The van der Waals surface area contributed by atoms with Crippen molar-refractivity contribution in [2.24, 2.45) is 4.99 Å². The average Bonchev–Trinajstić information content (AvgIpc) is 3.07. The highest BCUT2D eigenvalue weighted by Gasteiger charge is 2.51. The van der Waals surface area contributed by atoms with Crippen LogP contribution < -0.4 is 0 Å². The highest BCUT2D eigenvalue weighted by molar-refractivity contribution is 8.16. The van der Waals surface area contributed by atoms with Crippen LogP contribution in [-0.4, -0.2) is 69.2 Å². The van der Waals surface area contributed by atoms with Crippen molar-refractivity contribution in [3.63, 3.8) is 0 Å². The predicted octanol–water partition coefficient (Wildman–Crippen LogP) is 1.15. The SMILES string of the molecule is CC(C)(C)OC(=O)C1=N[C@@H]2[C@H](O)[C@H](OC(=O)c3ccccc3)[C@H](CO)O[C@@H]2S1. The van der Waals surface area contributed by atoms with E-state index < -0.39 is 53.9 Å². The highest BCUT2D eigenvalue weighted by atomic mass is 32.2. The Kier molecular flexibility index (Phi) is 6.09. The second-order valence-corrected chi connectivity index (χ2v) is 8.58. The van der Waals surface area contributed by atoms with Gasteiger partial charge in [-0.2, -0.15) is 0 Å². The van der Waals surface area contributed by atoms with Crippen molar-refractivity contribution in [3.05, 3.63) is 35.9 Å².